The maximum absolute atomic E-state index is 13.4. The predicted molar refractivity (Wildman–Crippen MR) is 109 cm³/mol. The number of benzene rings is 2. The van der Waals surface area contributed by atoms with Gasteiger partial charge in [-0.2, -0.15) is 0 Å². The third-order valence-corrected chi connectivity index (χ3v) is 5.07. The Kier molecular flexibility index (Phi) is 5.57. The lowest BCUT2D eigenvalue weighted by Crippen LogP contribution is -2.02. The summed E-state index contributed by atoms with van der Waals surface area (Å²) in [5.41, 5.74) is 4.37. The predicted octanol–water partition coefficient (Wildman–Crippen LogP) is 5.73. The van der Waals surface area contributed by atoms with Crippen molar-refractivity contribution in [3.8, 4) is 5.75 Å². The van der Waals surface area contributed by atoms with Crippen LogP contribution in [0.1, 0.15) is 46.6 Å². The quantitative estimate of drug-likeness (QED) is 0.567. The maximum Gasteiger partial charge on any atom is 0.354 e. The largest absolute Gasteiger partial charge is 0.489 e. The summed E-state index contributed by atoms with van der Waals surface area (Å²) in [7, 11) is 0. The number of allylic oxidation sites excluding steroid dienone is 2. The van der Waals surface area contributed by atoms with E-state index in [1.54, 1.807) is 6.07 Å². The van der Waals surface area contributed by atoms with Crippen molar-refractivity contribution in [2.75, 3.05) is 0 Å². The molecule has 0 saturated carbocycles. The highest BCUT2D eigenvalue weighted by Crippen LogP contribution is 2.40. The highest BCUT2D eigenvalue weighted by Gasteiger charge is 2.20. The Morgan fingerprint density at radius 1 is 0.967 bits per heavy atom. The molecule has 2 aromatic carbocycles. The van der Waals surface area contributed by atoms with Crippen molar-refractivity contribution in [3.05, 3.63) is 94.8 Å². The van der Waals surface area contributed by atoms with Gasteiger partial charge in [0.05, 0.1) is 5.69 Å². The lowest BCUT2D eigenvalue weighted by atomic mass is 9.99. The van der Waals surface area contributed by atoms with Gasteiger partial charge in [0.2, 0.25) is 0 Å². The Bertz CT molecular complexity index is 1140. The molecule has 4 rings (SSSR count). The molecule has 1 aromatic heterocycles. The lowest BCUT2D eigenvalue weighted by Gasteiger charge is -2.11. The van der Waals surface area contributed by atoms with Gasteiger partial charge in [-0.25, -0.2) is 18.6 Å². The van der Waals surface area contributed by atoms with Gasteiger partial charge >= 0.3 is 5.97 Å². The zero-order valence-electron chi connectivity index (χ0n) is 16.1. The van der Waals surface area contributed by atoms with Crippen molar-refractivity contribution in [1.82, 2.24) is 4.98 Å². The second kappa shape index (κ2) is 8.45. The van der Waals surface area contributed by atoms with Crippen LogP contribution in [0.5, 0.6) is 5.75 Å². The maximum atomic E-state index is 13.4. The number of carboxylic acids is 1. The number of hydrogen-bond acceptors (Lipinski definition) is 3. The fourth-order valence-electron chi connectivity index (χ4n) is 3.64. The molecule has 1 aliphatic rings. The number of pyridine rings is 1. The van der Waals surface area contributed by atoms with E-state index in [2.05, 4.69) is 4.98 Å². The molecule has 0 radical (unpaired) electrons. The minimum atomic E-state index is -1.05. The van der Waals surface area contributed by atoms with E-state index in [9.17, 15) is 18.7 Å². The van der Waals surface area contributed by atoms with Crippen LogP contribution in [0.3, 0.4) is 0 Å². The van der Waals surface area contributed by atoms with Gasteiger partial charge in [0.15, 0.2) is 11.6 Å². The smallest absolute Gasteiger partial charge is 0.354 e. The molecule has 152 valence electrons. The van der Waals surface area contributed by atoms with Crippen molar-refractivity contribution in [3.63, 3.8) is 0 Å². The summed E-state index contributed by atoms with van der Waals surface area (Å²) in [6.45, 7) is 0.120. The van der Waals surface area contributed by atoms with E-state index >= 15 is 0 Å². The molecular formula is C24H19F2NO3. The topological polar surface area (TPSA) is 59.4 Å². The van der Waals surface area contributed by atoms with Crippen molar-refractivity contribution in [2.24, 2.45) is 0 Å². The Morgan fingerprint density at radius 3 is 2.57 bits per heavy atom. The van der Waals surface area contributed by atoms with Crippen molar-refractivity contribution >= 4 is 17.1 Å². The zero-order valence-corrected chi connectivity index (χ0v) is 16.1. The Morgan fingerprint density at radius 2 is 1.77 bits per heavy atom. The highest BCUT2D eigenvalue weighted by atomic mass is 19.2. The average Bonchev–Trinajstić information content (AvgIpc) is 3.25. The molecular weight excluding hydrogens is 388 g/mol. The van der Waals surface area contributed by atoms with E-state index in [4.69, 9.17) is 4.74 Å². The second-order valence-electron chi connectivity index (χ2n) is 7.09. The summed E-state index contributed by atoms with van der Waals surface area (Å²) in [5, 5.41) is 9.22. The summed E-state index contributed by atoms with van der Waals surface area (Å²) >= 11 is 0. The van der Waals surface area contributed by atoms with Gasteiger partial charge in [-0.05, 0) is 77.9 Å². The molecule has 6 heteroatoms. The van der Waals surface area contributed by atoms with Gasteiger partial charge in [-0.15, -0.1) is 0 Å². The first-order valence-corrected chi connectivity index (χ1v) is 9.61. The molecule has 0 spiro atoms. The van der Waals surface area contributed by atoms with Gasteiger partial charge < -0.3 is 9.84 Å². The number of nitrogens with zero attached hydrogens (tertiary/aromatic N) is 1. The molecule has 0 fully saturated rings. The number of aromatic nitrogens is 1. The minimum absolute atomic E-state index is 0.0230. The van der Waals surface area contributed by atoms with Crippen LogP contribution in [0.15, 0.2) is 60.7 Å². The van der Waals surface area contributed by atoms with E-state index in [0.717, 1.165) is 48.1 Å². The average molecular weight is 407 g/mol. The molecule has 0 atom stereocenters. The molecule has 0 bridgehead atoms. The van der Waals surface area contributed by atoms with Crippen LogP contribution in [0, 0.1) is 11.6 Å². The van der Waals surface area contributed by atoms with E-state index in [1.807, 2.05) is 30.3 Å². The number of rotatable bonds is 6. The normalized spacial score (nSPS) is 13.5. The Hall–Kier alpha value is -3.54. The number of ether oxygens (including phenoxy) is 1. The summed E-state index contributed by atoms with van der Waals surface area (Å²) in [5.74, 6) is -2.23. The molecule has 0 unspecified atom stereocenters. The van der Waals surface area contributed by atoms with Gasteiger partial charge in [-0.1, -0.05) is 24.3 Å². The summed E-state index contributed by atoms with van der Waals surface area (Å²) in [4.78, 5) is 15.5. The lowest BCUT2D eigenvalue weighted by molar-refractivity contribution is 0.0690. The fourth-order valence-corrected chi connectivity index (χ4v) is 3.64. The van der Waals surface area contributed by atoms with Crippen LogP contribution >= 0.6 is 0 Å². The van der Waals surface area contributed by atoms with E-state index in [1.165, 1.54) is 12.1 Å². The van der Waals surface area contributed by atoms with Crippen LogP contribution < -0.4 is 4.74 Å². The molecule has 0 saturated heterocycles. The van der Waals surface area contributed by atoms with Crippen molar-refractivity contribution in [1.29, 1.82) is 0 Å². The van der Waals surface area contributed by atoms with Crippen LogP contribution in [0.4, 0.5) is 8.78 Å². The fraction of sp³-hybridized carbons (Fsp3) is 0.167. The molecule has 1 heterocycles. The monoisotopic (exact) mass is 407 g/mol. The number of carboxylic acid groups (broad SMARTS) is 1. The molecule has 3 aromatic rings. The van der Waals surface area contributed by atoms with Gasteiger partial charge in [0, 0.05) is 0 Å². The molecule has 30 heavy (non-hydrogen) atoms. The van der Waals surface area contributed by atoms with Gasteiger partial charge in [0.1, 0.15) is 18.1 Å². The number of hydrogen-bond donors (Lipinski definition) is 1. The van der Waals surface area contributed by atoms with Crippen molar-refractivity contribution < 1.29 is 23.4 Å². The molecule has 0 aliphatic heterocycles. The Balaban J connectivity index is 1.59. The first-order valence-electron chi connectivity index (χ1n) is 9.61. The minimum Gasteiger partial charge on any atom is -0.489 e. The molecule has 1 aliphatic carbocycles. The summed E-state index contributed by atoms with van der Waals surface area (Å²) in [6.07, 6.45) is 2.65. The second-order valence-corrected chi connectivity index (χ2v) is 7.09. The third-order valence-electron chi connectivity index (χ3n) is 5.07. The summed E-state index contributed by atoms with van der Waals surface area (Å²) in [6, 6.07) is 16.3. The summed E-state index contributed by atoms with van der Waals surface area (Å²) < 4.78 is 32.2. The highest BCUT2D eigenvalue weighted by molar-refractivity contribution is 5.93. The Labute approximate surface area is 172 Å². The SMILES string of the molecule is O=C(O)c1cccc(C2=C(c3cccc(OCc4ccc(F)c(F)c4)c3)CCC2)n1. The van der Waals surface area contributed by atoms with E-state index in [0.29, 0.717) is 17.0 Å². The van der Waals surface area contributed by atoms with Gasteiger partial charge in [-0.3, -0.25) is 0 Å². The standard InChI is InChI=1S/C24H19F2NO3/c25-20-11-10-15(12-21(20)26)14-30-17-5-1-4-16(13-17)18-6-2-7-19(18)22-8-3-9-23(27-22)24(28)29/h1,3-5,8-13H,2,6-7,14H2,(H,28,29). The molecule has 4 nitrogen and oxygen atoms in total. The van der Waals surface area contributed by atoms with Crippen molar-refractivity contribution in [2.45, 2.75) is 25.9 Å². The number of carbonyl (C=O) groups is 1. The zero-order chi connectivity index (χ0) is 21.1. The number of aromatic carboxylic acids is 1. The van der Waals surface area contributed by atoms with E-state index < -0.39 is 17.6 Å². The van der Waals surface area contributed by atoms with Crippen LogP contribution in [0.25, 0.3) is 11.1 Å². The number of halogens is 2. The van der Waals surface area contributed by atoms with Crippen LogP contribution in [-0.4, -0.2) is 16.1 Å². The van der Waals surface area contributed by atoms with Crippen LogP contribution in [0.2, 0.25) is 0 Å². The molecule has 0 amide bonds. The van der Waals surface area contributed by atoms with Gasteiger partial charge in [0.25, 0.3) is 0 Å². The molecule has 1 N–H and O–H groups in total. The van der Waals surface area contributed by atoms with Crippen LogP contribution in [-0.2, 0) is 6.61 Å². The van der Waals surface area contributed by atoms with E-state index in [-0.39, 0.29) is 12.3 Å². The third kappa shape index (κ3) is 4.22. The first kappa shape index (κ1) is 19.8. The first-order chi connectivity index (χ1) is 14.5.